The number of nitrogens with zero attached hydrogens (tertiary/aromatic N) is 3. The fourth-order valence-electron chi connectivity index (χ4n) is 2.88. The van der Waals surface area contributed by atoms with E-state index in [2.05, 4.69) is 0 Å². The summed E-state index contributed by atoms with van der Waals surface area (Å²) in [5.74, 6) is 0. The molecule has 2 aromatic carbocycles. The van der Waals surface area contributed by atoms with Crippen LogP contribution >= 0.6 is 22.9 Å². The minimum Gasteiger partial charge on any atom is -0.267 e. The lowest BCUT2D eigenvalue weighted by Gasteiger charge is -2.10. The number of nitriles is 2. The zero-order chi connectivity index (χ0) is 19.6. The van der Waals surface area contributed by atoms with Crippen molar-refractivity contribution in [1.29, 1.82) is 10.5 Å². The molecule has 0 radical (unpaired) electrons. The van der Waals surface area contributed by atoms with Crippen LogP contribution in [0.2, 0.25) is 5.02 Å². The molecule has 0 amide bonds. The molecular formula is C21H14ClN3OS. The number of halogens is 1. The zero-order valence-electron chi connectivity index (χ0n) is 14.7. The molecule has 0 aliphatic rings. The Bertz CT molecular complexity index is 1270. The highest BCUT2D eigenvalue weighted by Crippen LogP contribution is 2.16. The third kappa shape index (κ3) is 3.57. The van der Waals surface area contributed by atoms with Crippen molar-refractivity contribution in [3.05, 3.63) is 83.7 Å². The number of benzene rings is 2. The number of para-hydroxylation sites is 1. The minimum absolute atomic E-state index is 0.0921. The van der Waals surface area contributed by atoms with E-state index in [1.54, 1.807) is 24.3 Å². The van der Waals surface area contributed by atoms with Gasteiger partial charge < -0.3 is 0 Å². The normalized spacial score (nSPS) is 11.1. The SMILES string of the molecule is Cc1cccc(C)c1-n1c(=C(C#N)C#N)s/c(=C/c2cccc(Cl)c2)c1=O. The first-order valence-corrected chi connectivity index (χ1v) is 9.26. The Morgan fingerprint density at radius 3 is 2.33 bits per heavy atom. The van der Waals surface area contributed by atoms with Crippen molar-refractivity contribution in [2.45, 2.75) is 13.8 Å². The van der Waals surface area contributed by atoms with E-state index >= 15 is 0 Å². The molecule has 0 N–H and O–H groups in total. The van der Waals surface area contributed by atoms with E-state index in [1.165, 1.54) is 4.57 Å². The van der Waals surface area contributed by atoms with Crippen LogP contribution in [0.15, 0.2) is 47.3 Å². The van der Waals surface area contributed by atoms with Gasteiger partial charge in [-0.1, -0.05) is 41.9 Å². The molecule has 0 spiro atoms. The van der Waals surface area contributed by atoms with Crippen molar-refractivity contribution in [2.75, 3.05) is 0 Å². The van der Waals surface area contributed by atoms with E-state index in [-0.39, 0.29) is 11.1 Å². The Kier molecular flexibility index (Phi) is 5.28. The number of hydrogen-bond donors (Lipinski definition) is 0. The van der Waals surface area contributed by atoms with Crippen molar-refractivity contribution < 1.29 is 0 Å². The standard InChI is InChI=1S/C21H14ClN3OS/c1-13-5-3-6-14(2)19(13)25-20(26)18(27-21(25)16(11-23)12-24)10-15-7-4-8-17(22)9-15/h3-10H,1-2H3/b18-10+. The fourth-order valence-corrected chi connectivity index (χ4v) is 4.12. The molecule has 0 aliphatic carbocycles. The molecule has 1 heterocycles. The van der Waals surface area contributed by atoms with Crippen molar-refractivity contribution in [2.24, 2.45) is 0 Å². The maximum absolute atomic E-state index is 13.2. The van der Waals surface area contributed by atoms with Crippen LogP contribution in [0.5, 0.6) is 0 Å². The van der Waals surface area contributed by atoms with Gasteiger partial charge in [-0.05, 0) is 48.7 Å². The van der Waals surface area contributed by atoms with E-state index in [1.807, 2.05) is 50.3 Å². The summed E-state index contributed by atoms with van der Waals surface area (Å²) in [6.45, 7) is 3.80. The van der Waals surface area contributed by atoms with Crippen LogP contribution in [0.4, 0.5) is 0 Å². The van der Waals surface area contributed by atoms with Gasteiger partial charge in [-0.15, -0.1) is 11.3 Å². The average molecular weight is 392 g/mol. The Morgan fingerprint density at radius 1 is 1.11 bits per heavy atom. The van der Waals surface area contributed by atoms with Crippen LogP contribution in [0.1, 0.15) is 16.7 Å². The predicted octanol–water partition coefficient (Wildman–Crippen LogP) is 3.20. The van der Waals surface area contributed by atoms with Crippen LogP contribution in [-0.4, -0.2) is 4.57 Å². The highest BCUT2D eigenvalue weighted by Gasteiger charge is 2.14. The molecule has 0 fully saturated rings. The van der Waals surface area contributed by atoms with Crippen LogP contribution in [0, 0.1) is 36.5 Å². The highest BCUT2D eigenvalue weighted by atomic mass is 35.5. The molecule has 132 valence electrons. The van der Waals surface area contributed by atoms with E-state index in [0.29, 0.717) is 19.9 Å². The van der Waals surface area contributed by atoms with Gasteiger partial charge in [-0.25, -0.2) is 0 Å². The molecule has 1 aromatic heterocycles. The van der Waals surface area contributed by atoms with Crippen molar-refractivity contribution in [1.82, 2.24) is 4.57 Å². The molecule has 0 unspecified atom stereocenters. The molecule has 0 atom stereocenters. The van der Waals surface area contributed by atoms with Crippen LogP contribution in [0.3, 0.4) is 0 Å². The van der Waals surface area contributed by atoms with E-state index in [4.69, 9.17) is 11.6 Å². The van der Waals surface area contributed by atoms with Crippen LogP contribution in [-0.2, 0) is 0 Å². The van der Waals surface area contributed by atoms with Crippen LogP contribution in [0.25, 0.3) is 17.3 Å². The van der Waals surface area contributed by atoms with Gasteiger partial charge in [-0.2, -0.15) is 10.5 Å². The summed E-state index contributed by atoms with van der Waals surface area (Å²) in [5.41, 5.74) is 2.89. The van der Waals surface area contributed by atoms with Crippen LogP contribution < -0.4 is 14.8 Å². The molecule has 3 rings (SSSR count). The van der Waals surface area contributed by atoms with Gasteiger partial charge in [0.15, 0.2) is 5.57 Å². The summed E-state index contributed by atoms with van der Waals surface area (Å²) in [6.07, 6.45) is 1.72. The molecular weight excluding hydrogens is 378 g/mol. The summed E-state index contributed by atoms with van der Waals surface area (Å²) >= 11 is 7.16. The van der Waals surface area contributed by atoms with E-state index in [9.17, 15) is 15.3 Å². The maximum atomic E-state index is 13.2. The number of thiazole rings is 1. The van der Waals surface area contributed by atoms with Crippen molar-refractivity contribution in [3.8, 4) is 17.8 Å². The van der Waals surface area contributed by atoms with Crippen molar-refractivity contribution in [3.63, 3.8) is 0 Å². The average Bonchev–Trinajstić information content (AvgIpc) is 2.93. The fraction of sp³-hybridized carbons (Fsp3) is 0.0952. The van der Waals surface area contributed by atoms with Gasteiger partial charge in [0.05, 0.1) is 10.2 Å². The highest BCUT2D eigenvalue weighted by molar-refractivity contribution is 7.07. The predicted molar refractivity (Wildman–Crippen MR) is 108 cm³/mol. The molecule has 4 nitrogen and oxygen atoms in total. The van der Waals surface area contributed by atoms with Crippen molar-refractivity contribution >= 4 is 34.6 Å². The Labute approximate surface area is 165 Å². The summed E-state index contributed by atoms with van der Waals surface area (Å²) in [5, 5.41) is 19.3. The molecule has 0 saturated heterocycles. The number of rotatable bonds is 2. The summed E-state index contributed by atoms with van der Waals surface area (Å²) < 4.78 is 2.22. The van der Waals surface area contributed by atoms with E-state index < -0.39 is 0 Å². The zero-order valence-corrected chi connectivity index (χ0v) is 16.2. The second kappa shape index (κ2) is 7.63. The summed E-state index contributed by atoms with van der Waals surface area (Å²) in [4.78, 5) is 13.2. The first-order valence-electron chi connectivity index (χ1n) is 8.06. The lowest BCUT2D eigenvalue weighted by molar-refractivity contribution is 0.962. The molecule has 0 bridgehead atoms. The molecule has 0 saturated carbocycles. The maximum Gasteiger partial charge on any atom is 0.273 e. The van der Waals surface area contributed by atoms with Gasteiger partial charge in [0.1, 0.15) is 16.8 Å². The lowest BCUT2D eigenvalue weighted by Crippen LogP contribution is -2.31. The minimum atomic E-state index is -0.268. The number of hydrogen-bond acceptors (Lipinski definition) is 4. The second-order valence-corrected chi connectivity index (χ2v) is 7.42. The Morgan fingerprint density at radius 2 is 1.74 bits per heavy atom. The second-order valence-electron chi connectivity index (χ2n) is 5.95. The Balaban J connectivity index is 2.47. The molecule has 6 heteroatoms. The number of aromatic nitrogens is 1. The molecule has 0 aliphatic heterocycles. The lowest BCUT2D eigenvalue weighted by atomic mass is 10.1. The first-order chi connectivity index (χ1) is 13.0. The molecule has 27 heavy (non-hydrogen) atoms. The van der Waals surface area contributed by atoms with Gasteiger partial charge in [0.25, 0.3) is 5.56 Å². The van der Waals surface area contributed by atoms with Gasteiger partial charge >= 0.3 is 0 Å². The van der Waals surface area contributed by atoms with Gasteiger partial charge in [0, 0.05) is 5.02 Å². The quantitative estimate of drug-likeness (QED) is 0.673. The monoisotopic (exact) mass is 391 g/mol. The first kappa shape index (κ1) is 18.7. The van der Waals surface area contributed by atoms with E-state index in [0.717, 1.165) is 28.0 Å². The largest absolute Gasteiger partial charge is 0.273 e. The smallest absolute Gasteiger partial charge is 0.267 e. The number of aryl methyl sites for hydroxylation is 2. The topological polar surface area (TPSA) is 69.6 Å². The van der Waals surface area contributed by atoms with Gasteiger partial charge in [0.2, 0.25) is 0 Å². The summed E-state index contributed by atoms with van der Waals surface area (Å²) in [7, 11) is 0. The summed E-state index contributed by atoms with van der Waals surface area (Å²) in [6, 6.07) is 16.7. The Hall–Kier alpha value is -3.12. The third-order valence-corrected chi connectivity index (χ3v) is 5.40. The third-order valence-electron chi connectivity index (χ3n) is 4.07. The van der Waals surface area contributed by atoms with Gasteiger partial charge in [-0.3, -0.25) is 9.36 Å². The molecule has 3 aromatic rings.